The van der Waals surface area contributed by atoms with Gasteiger partial charge in [-0.1, -0.05) is 17.7 Å². The number of rotatable bonds is 6. The van der Waals surface area contributed by atoms with Crippen molar-refractivity contribution in [1.82, 2.24) is 14.9 Å². The zero-order chi connectivity index (χ0) is 25.2. The standard InChI is InChI=1S/C28H34F2N6/c1-4-33(3)27-24-19-34(18-21-17-20(2)5-10-25(21)30)12-11-26(24)31-28(32-27)36-15-13-35(14-16-36)23-8-6-22(29)7-9-23/h5-10,17H,4,11-16,18-19H2,1-3H3. The van der Waals surface area contributed by atoms with E-state index >= 15 is 0 Å². The molecule has 190 valence electrons. The number of piperazine rings is 1. The van der Waals surface area contributed by atoms with Crippen molar-refractivity contribution in [3.63, 3.8) is 0 Å². The summed E-state index contributed by atoms with van der Waals surface area (Å²) >= 11 is 0. The molecule has 5 rings (SSSR count). The van der Waals surface area contributed by atoms with Crippen LogP contribution in [0, 0.1) is 18.6 Å². The first-order valence-electron chi connectivity index (χ1n) is 12.7. The van der Waals surface area contributed by atoms with Gasteiger partial charge in [-0.05, 0) is 44.2 Å². The second-order valence-electron chi connectivity index (χ2n) is 9.79. The number of halogens is 2. The maximum absolute atomic E-state index is 14.4. The highest BCUT2D eigenvalue weighted by Gasteiger charge is 2.27. The van der Waals surface area contributed by atoms with Crippen LogP contribution in [0.15, 0.2) is 42.5 Å². The highest BCUT2D eigenvalue weighted by atomic mass is 19.1. The van der Waals surface area contributed by atoms with Crippen molar-refractivity contribution in [2.24, 2.45) is 0 Å². The van der Waals surface area contributed by atoms with Gasteiger partial charge in [-0.15, -0.1) is 0 Å². The van der Waals surface area contributed by atoms with Crippen molar-refractivity contribution in [2.45, 2.75) is 33.4 Å². The molecule has 0 amide bonds. The Morgan fingerprint density at radius 2 is 1.64 bits per heavy atom. The average molecular weight is 493 g/mol. The third-order valence-corrected chi connectivity index (χ3v) is 7.29. The highest BCUT2D eigenvalue weighted by molar-refractivity contribution is 5.55. The van der Waals surface area contributed by atoms with E-state index in [1.54, 1.807) is 6.07 Å². The van der Waals surface area contributed by atoms with Crippen molar-refractivity contribution >= 4 is 17.5 Å². The van der Waals surface area contributed by atoms with Crippen LogP contribution in [0.25, 0.3) is 0 Å². The van der Waals surface area contributed by atoms with E-state index in [4.69, 9.17) is 9.97 Å². The first-order chi connectivity index (χ1) is 17.4. The topological polar surface area (TPSA) is 38.7 Å². The second-order valence-corrected chi connectivity index (χ2v) is 9.79. The third kappa shape index (κ3) is 5.14. The molecule has 2 aliphatic rings. The van der Waals surface area contributed by atoms with E-state index < -0.39 is 0 Å². The minimum Gasteiger partial charge on any atom is -0.368 e. The van der Waals surface area contributed by atoms with E-state index in [0.29, 0.717) is 13.1 Å². The number of nitrogens with zero attached hydrogens (tertiary/aromatic N) is 6. The van der Waals surface area contributed by atoms with Gasteiger partial charge in [0.2, 0.25) is 5.95 Å². The Morgan fingerprint density at radius 1 is 0.917 bits per heavy atom. The summed E-state index contributed by atoms with van der Waals surface area (Å²) in [7, 11) is 2.07. The number of aromatic nitrogens is 2. The van der Waals surface area contributed by atoms with Crippen LogP contribution in [0.4, 0.5) is 26.2 Å². The predicted molar refractivity (Wildman–Crippen MR) is 141 cm³/mol. The lowest BCUT2D eigenvalue weighted by Gasteiger charge is -2.37. The van der Waals surface area contributed by atoms with Crippen LogP contribution in [0.1, 0.15) is 29.3 Å². The van der Waals surface area contributed by atoms with Gasteiger partial charge in [-0.2, -0.15) is 4.98 Å². The van der Waals surface area contributed by atoms with Gasteiger partial charge in [-0.3, -0.25) is 4.90 Å². The van der Waals surface area contributed by atoms with E-state index in [-0.39, 0.29) is 11.6 Å². The maximum Gasteiger partial charge on any atom is 0.227 e. The summed E-state index contributed by atoms with van der Waals surface area (Å²) in [6, 6.07) is 12.0. The summed E-state index contributed by atoms with van der Waals surface area (Å²) in [5.41, 5.74) is 5.09. The Kier molecular flexibility index (Phi) is 7.05. The van der Waals surface area contributed by atoms with E-state index in [1.165, 1.54) is 12.1 Å². The van der Waals surface area contributed by atoms with Crippen molar-refractivity contribution in [3.05, 3.63) is 76.5 Å². The summed E-state index contributed by atoms with van der Waals surface area (Å²) < 4.78 is 27.7. The fourth-order valence-corrected chi connectivity index (χ4v) is 5.06. The summed E-state index contributed by atoms with van der Waals surface area (Å²) in [6.07, 6.45) is 0.818. The van der Waals surface area contributed by atoms with Gasteiger partial charge < -0.3 is 14.7 Å². The summed E-state index contributed by atoms with van der Waals surface area (Å²) in [6.45, 7) is 10.4. The number of benzene rings is 2. The van der Waals surface area contributed by atoms with Crippen molar-refractivity contribution < 1.29 is 8.78 Å². The molecule has 0 radical (unpaired) electrons. The SMILES string of the molecule is CCN(C)c1nc(N2CCN(c3ccc(F)cc3)CC2)nc2c1CN(Cc1cc(C)ccc1F)CC2. The molecule has 2 aliphatic heterocycles. The monoisotopic (exact) mass is 492 g/mol. The lowest BCUT2D eigenvalue weighted by Crippen LogP contribution is -2.47. The molecule has 0 bridgehead atoms. The molecule has 1 fully saturated rings. The first-order valence-corrected chi connectivity index (χ1v) is 12.7. The fourth-order valence-electron chi connectivity index (χ4n) is 5.06. The smallest absolute Gasteiger partial charge is 0.227 e. The number of anilines is 3. The maximum atomic E-state index is 14.4. The van der Waals surface area contributed by atoms with Gasteiger partial charge in [0, 0.05) is 82.6 Å². The van der Waals surface area contributed by atoms with Crippen molar-refractivity contribution in [2.75, 3.05) is 61.0 Å². The molecule has 0 saturated carbocycles. The van der Waals surface area contributed by atoms with Crippen molar-refractivity contribution in [3.8, 4) is 0 Å². The zero-order valence-electron chi connectivity index (χ0n) is 21.3. The van der Waals surface area contributed by atoms with Gasteiger partial charge in [0.25, 0.3) is 0 Å². The van der Waals surface area contributed by atoms with Gasteiger partial charge >= 0.3 is 0 Å². The Labute approximate surface area is 212 Å². The molecule has 0 N–H and O–H groups in total. The molecule has 2 aromatic carbocycles. The molecule has 0 atom stereocenters. The van der Waals surface area contributed by atoms with Gasteiger partial charge in [0.15, 0.2) is 0 Å². The fraction of sp³-hybridized carbons (Fsp3) is 0.429. The van der Waals surface area contributed by atoms with Crippen LogP contribution in [0.3, 0.4) is 0 Å². The molecule has 0 aliphatic carbocycles. The summed E-state index contributed by atoms with van der Waals surface area (Å²) in [5.74, 6) is 1.38. The molecule has 0 unspecified atom stereocenters. The van der Waals surface area contributed by atoms with E-state index in [2.05, 4.69) is 33.6 Å². The molecule has 1 saturated heterocycles. The highest BCUT2D eigenvalue weighted by Crippen LogP contribution is 2.30. The Balaban J connectivity index is 1.34. The quantitative estimate of drug-likeness (QED) is 0.508. The molecule has 36 heavy (non-hydrogen) atoms. The lowest BCUT2D eigenvalue weighted by atomic mass is 10.0. The molecule has 1 aromatic heterocycles. The Hall–Kier alpha value is -3.26. The minimum atomic E-state index is -0.213. The molecule has 8 heteroatoms. The van der Waals surface area contributed by atoms with Gasteiger partial charge in [-0.25, -0.2) is 13.8 Å². The summed E-state index contributed by atoms with van der Waals surface area (Å²) in [5, 5.41) is 0. The van der Waals surface area contributed by atoms with Crippen LogP contribution in [0.2, 0.25) is 0 Å². The van der Waals surface area contributed by atoms with Crippen LogP contribution < -0.4 is 14.7 Å². The predicted octanol–water partition coefficient (Wildman–Crippen LogP) is 4.40. The zero-order valence-corrected chi connectivity index (χ0v) is 21.3. The normalized spacial score (nSPS) is 16.2. The lowest BCUT2D eigenvalue weighted by molar-refractivity contribution is 0.240. The minimum absolute atomic E-state index is 0.149. The molecular formula is C28H34F2N6. The molecule has 3 heterocycles. The second kappa shape index (κ2) is 10.4. The van der Waals surface area contributed by atoms with E-state index in [9.17, 15) is 8.78 Å². The van der Waals surface area contributed by atoms with Gasteiger partial charge in [0.1, 0.15) is 17.5 Å². The number of hydrogen-bond donors (Lipinski definition) is 0. The van der Waals surface area contributed by atoms with Crippen LogP contribution in [-0.2, 0) is 19.5 Å². The Bertz CT molecular complexity index is 1210. The number of fused-ring (bicyclic) bond motifs is 1. The molecule has 6 nitrogen and oxygen atoms in total. The van der Waals surface area contributed by atoms with E-state index in [1.807, 2.05) is 31.2 Å². The van der Waals surface area contributed by atoms with Crippen LogP contribution >= 0.6 is 0 Å². The number of hydrogen-bond acceptors (Lipinski definition) is 6. The number of aryl methyl sites for hydroxylation is 1. The average Bonchev–Trinajstić information content (AvgIpc) is 2.90. The molecular weight excluding hydrogens is 458 g/mol. The van der Waals surface area contributed by atoms with Crippen LogP contribution in [0.5, 0.6) is 0 Å². The molecule has 0 spiro atoms. The van der Waals surface area contributed by atoms with Gasteiger partial charge in [0.05, 0.1) is 5.69 Å². The van der Waals surface area contributed by atoms with Crippen LogP contribution in [-0.4, -0.2) is 61.2 Å². The first kappa shape index (κ1) is 24.4. The summed E-state index contributed by atoms with van der Waals surface area (Å²) in [4.78, 5) is 19.0. The van der Waals surface area contributed by atoms with E-state index in [0.717, 1.165) is 85.5 Å². The Morgan fingerprint density at radius 3 is 2.36 bits per heavy atom. The molecule has 3 aromatic rings. The van der Waals surface area contributed by atoms with Crippen molar-refractivity contribution in [1.29, 1.82) is 0 Å². The third-order valence-electron chi connectivity index (χ3n) is 7.29. The largest absolute Gasteiger partial charge is 0.368 e.